The van der Waals surface area contributed by atoms with Crippen molar-refractivity contribution in [2.75, 3.05) is 13.1 Å². The zero-order valence-corrected chi connectivity index (χ0v) is 18.7. The lowest BCUT2D eigenvalue weighted by Crippen LogP contribution is -2.58. The maximum Gasteiger partial charge on any atom is 0.326 e. The Kier molecular flexibility index (Phi) is 11.6. The maximum atomic E-state index is 12.9. The second kappa shape index (κ2) is 13.6. The first-order chi connectivity index (χ1) is 15.1. The van der Waals surface area contributed by atoms with Crippen LogP contribution in [0.3, 0.4) is 0 Å². The van der Waals surface area contributed by atoms with E-state index >= 15 is 0 Å². The molecule has 12 heteroatoms. The molecule has 1 aliphatic rings. The number of unbranched alkanes of at least 4 members (excludes halogenated alkanes) is 1. The van der Waals surface area contributed by atoms with Gasteiger partial charge in [0.2, 0.25) is 23.6 Å². The summed E-state index contributed by atoms with van der Waals surface area (Å²) in [5.74, 6) is -4.22. The molecule has 0 aromatic rings. The number of nitrogens with one attached hydrogen (secondary N) is 4. The number of carboxylic acids is 1. The second-order valence-corrected chi connectivity index (χ2v) is 8.29. The molecule has 1 fully saturated rings. The van der Waals surface area contributed by atoms with Gasteiger partial charge in [-0.1, -0.05) is 13.8 Å². The van der Waals surface area contributed by atoms with Gasteiger partial charge in [-0.3, -0.25) is 19.2 Å². The lowest BCUT2D eigenvalue weighted by Gasteiger charge is -2.26. The third kappa shape index (κ3) is 9.18. The highest BCUT2D eigenvalue weighted by Crippen LogP contribution is 2.09. The first-order valence-corrected chi connectivity index (χ1v) is 10.9. The second-order valence-electron chi connectivity index (χ2n) is 8.29. The van der Waals surface area contributed by atoms with Gasteiger partial charge in [0.1, 0.15) is 18.1 Å². The van der Waals surface area contributed by atoms with Crippen LogP contribution in [0.4, 0.5) is 0 Å². The van der Waals surface area contributed by atoms with Gasteiger partial charge in [-0.2, -0.15) is 0 Å². The Bertz CT molecular complexity index is 679. The summed E-state index contributed by atoms with van der Waals surface area (Å²) < 4.78 is 0. The van der Waals surface area contributed by atoms with Crippen LogP contribution < -0.4 is 32.7 Å². The zero-order chi connectivity index (χ0) is 24.3. The van der Waals surface area contributed by atoms with Crippen LogP contribution >= 0.6 is 0 Å². The molecule has 0 aliphatic carbocycles. The number of hydrogen-bond donors (Lipinski definition) is 7. The largest absolute Gasteiger partial charge is 0.480 e. The fraction of sp³-hybridized carbons (Fsp3) is 0.750. The Morgan fingerprint density at radius 2 is 1.69 bits per heavy atom. The van der Waals surface area contributed by atoms with Crippen molar-refractivity contribution in [2.24, 2.45) is 17.4 Å². The van der Waals surface area contributed by atoms with Crippen molar-refractivity contribution < 1.29 is 29.1 Å². The van der Waals surface area contributed by atoms with Gasteiger partial charge < -0.3 is 37.8 Å². The molecule has 32 heavy (non-hydrogen) atoms. The average Bonchev–Trinajstić information content (AvgIpc) is 3.24. The molecular weight excluding hydrogens is 420 g/mol. The molecule has 12 nitrogen and oxygen atoms in total. The van der Waals surface area contributed by atoms with Crippen LogP contribution in [0.5, 0.6) is 0 Å². The first kappa shape index (κ1) is 27.3. The topological polar surface area (TPSA) is 206 Å². The number of carbonyl (C=O) groups excluding carboxylic acids is 4. The van der Waals surface area contributed by atoms with Gasteiger partial charge >= 0.3 is 5.97 Å². The zero-order valence-electron chi connectivity index (χ0n) is 18.7. The highest BCUT2D eigenvalue weighted by atomic mass is 16.4. The average molecular weight is 457 g/mol. The predicted octanol–water partition coefficient (Wildman–Crippen LogP) is -2.06. The summed E-state index contributed by atoms with van der Waals surface area (Å²) in [6.07, 6.45) is 2.22. The van der Waals surface area contributed by atoms with Gasteiger partial charge in [-0.05, 0) is 51.1 Å². The summed E-state index contributed by atoms with van der Waals surface area (Å²) in [6.45, 7) is 4.56. The monoisotopic (exact) mass is 456 g/mol. The van der Waals surface area contributed by atoms with Crippen molar-refractivity contribution in [3.05, 3.63) is 0 Å². The van der Waals surface area contributed by atoms with E-state index in [-0.39, 0.29) is 18.2 Å². The van der Waals surface area contributed by atoms with Crippen molar-refractivity contribution in [2.45, 2.75) is 76.5 Å². The maximum absolute atomic E-state index is 12.9. The lowest BCUT2D eigenvalue weighted by molar-refractivity contribution is -0.142. The molecule has 182 valence electrons. The summed E-state index contributed by atoms with van der Waals surface area (Å²) in [6, 6.07) is -3.92. The number of carbonyl (C=O) groups is 5. The van der Waals surface area contributed by atoms with Crippen LogP contribution in [0.15, 0.2) is 0 Å². The smallest absolute Gasteiger partial charge is 0.326 e. The van der Waals surface area contributed by atoms with Gasteiger partial charge in [0.05, 0.1) is 12.5 Å². The first-order valence-electron chi connectivity index (χ1n) is 10.9. The summed E-state index contributed by atoms with van der Waals surface area (Å²) in [5.41, 5.74) is 10.6. The number of primary amides is 1. The molecule has 4 unspecified atom stereocenters. The molecule has 1 aliphatic heterocycles. The van der Waals surface area contributed by atoms with Crippen molar-refractivity contribution in [3.63, 3.8) is 0 Å². The number of rotatable bonds is 14. The number of carboxylic acid groups (broad SMARTS) is 1. The molecule has 0 radical (unpaired) electrons. The van der Waals surface area contributed by atoms with Crippen molar-refractivity contribution in [1.82, 2.24) is 21.3 Å². The normalized spacial score (nSPS) is 18.4. The van der Waals surface area contributed by atoms with E-state index in [0.29, 0.717) is 32.4 Å². The summed E-state index contributed by atoms with van der Waals surface area (Å²) in [4.78, 5) is 60.9. The van der Waals surface area contributed by atoms with Crippen molar-refractivity contribution in [1.29, 1.82) is 0 Å². The predicted molar refractivity (Wildman–Crippen MR) is 116 cm³/mol. The van der Waals surface area contributed by atoms with Gasteiger partial charge in [-0.25, -0.2) is 4.79 Å². The molecule has 9 N–H and O–H groups in total. The van der Waals surface area contributed by atoms with E-state index in [2.05, 4.69) is 21.3 Å². The van der Waals surface area contributed by atoms with Crippen LogP contribution in [0.2, 0.25) is 0 Å². The van der Waals surface area contributed by atoms with E-state index in [4.69, 9.17) is 11.5 Å². The molecule has 0 aromatic carbocycles. The van der Waals surface area contributed by atoms with Crippen LogP contribution in [-0.2, 0) is 24.0 Å². The van der Waals surface area contributed by atoms with Gasteiger partial charge in [-0.15, -0.1) is 0 Å². The standard InChI is InChI=1S/C20H36N6O6/c1-11(2)16(26-17(28)12-7-5-9-23-12)19(30)25-14(10-15(22)27)18(29)24-13(20(31)32)6-3-4-8-21/h11-14,16,23H,3-10,21H2,1-2H3,(H2,22,27)(H,24,29)(H,25,30)(H,26,28)(H,31,32). The van der Waals surface area contributed by atoms with Crippen LogP contribution in [0, 0.1) is 5.92 Å². The molecule has 1 rings (SSSR count). The van der Waals surface area contributed by atoms with Crippen LogP contribution in [0.25, 0.3) is 0 Å². The summed E-state index contributed by atoms with van der Waals surface area (Å²) in [7, 11) is 0. The van der Waals surface area contributed by atoms with Crippen LogP contribution in [-0.4, -0.2) is 72.0 Å². The van der Waals surface area contributed by atoms with Crippen molar-refractivity contribution >= 4 is 29.6 Å². The minimum atomic E-state index is -1.38. The van der Waals surface area contributed by atoms with E-state index in [0.717, 1.165) is 6.42 Å². The Balaban J connectivity index is 2.85. The number of nitrogens with two attached hydrogens (primary N) is 2. The molecule has 1 saturated heterocycles. The number of hydrogen-bond acceptors (Lipinski definition) is 7. The van der Waals surface area contributed by atoms with Crippen molar-refractivity contribution in [3.8, 4) is 0 Å². The molecule has 1 heterocycles. The Labute approximate surface area is 187 Å². The number of amides is 4. The number of aliphatic carboxylic acids is 1. The third-order valence-electron chi connectivity index (χ3n) is 5.22. The van der Waals surface area contributed by atoms with E-state index in [1.54, 1.807) is 13.8 Å². The highest BCUT2D eigenvalue weighted by molar-refractivity contribution is 5.96. The molecular formula is C20H36N6O6. The summed E-state index contributed by atoms with van der Waals surface area (Å²) in [5, 5.41) is 19.9. The van der Waals surface area contributed by atoms with Gasteiger partial charge in [0.15, 0.2) is 0 Å². The Morgan fingerprint density at radius 1 is 1.03 bits per heavy atom. The summed E-state index contributed by atoms with van der Waals surface area (Å²) >= 11 is 0. The molecule has 4 atom stereocenters. The van der Waals surface area contributed by atoms with Gasteiger partial charge in [0.25, 0.3) is 0 Å². The Morgan fingerprint density at radius 3 is 2.19 bits per heavy atom. The SMILES string of the molecule is CC(C)C(NC(=O)C1CCCN1)C(=O)NC(CC(N)=O)C(=O)NC(CCCCN)C(=O)O. The third-order valence-corrected chi connectivity index (χ3v) is 5.22. The minimum Gasteiger partial charge on any atom is -0.480 e. The highest BCUT2D eigenvalue weighted by Gasteiger charge is 2.33. The fourth-order valence-corrected chi connectivity index (χ4v) is 3.39. The Hall–Kier alpha value is -2.73. The van der Waals surface area contributed by atoms with Crippen LogP contribution in [0.1, 0.15) is 52.4 Å². The molecule has 0 bridgehead atoms. The lowest BCUT2D eigenvalue weighted by atomic mass is 10.0. The fourth-order valence-electron chi connectivity index (χ4n) is 3.39. The molecule has 0 aromatic heterocycles. The van der Waals surface area contributed by atoms with E-state index < -0.39 is 54.3 Å². The minimum absolute atomic E-state index is 0.147. The van der Waals surface area contributed by atoms with E-state index in [9.17, 15) is 29.1 Å². The molecule has 0 spiro atoms. The quantitative estimate of drug-likeness (QED) is 0.144. The van der Waals surface area contributed by atoms with E-state index in [1.807, 2.05) is 0 Å². The van der Waals surface area contributed by atoms with Gasteiger partial charge in [0, 0.05) is 0 Å². The molecule has 0 saturated carbocycles. The van der Waals surface area contributed by atoms with E-state index in [1.165, 1.54) is 0 Å². The molecule has 4 amide bonds.